The van der Waals surface area contributed by atoms with Crippen molar-refractivity contribution in [3.63, 3.8) is 0 Å². The number of amides is 1. The van der Waals surface area contributed by atoms with Crippen molar-refractivity contribution in [2.45, 2.75) is 30.3 Å². The summed E-state index contributed by atoms with van der Waals surface area (Å²) in [5, 5.41) is 2.92. The molecular weight excluding hydrogens is 412 g/mol. The van der Waals surface area contributed by atoms with Crippen LogP contribution < -0.4 is 14.8 Å². The van der Waals surface area contributed by atoms with Crippen molar-refractivity contribution in [2.75, 3.05) is 7.11 Å². The van der Waals surface area contributed by atoms with Gasteiger partial charge in [0.2, 0.25) is 15.9 Å². The molecule has 1 amide bonds. The second kappa shape index (κ2) is 10.2. The molecule has 2 atom stereocenters. The molecular formula is C24H26N2O4S. The summed E-state index contributed by atoms with van der Waals surface area (Å²) in [6.07, 6.45) is 0.230. The van der Waals surface area contributed by atoms with E-state index in [1.54, 1.807) is 25.3 Å². The van der Waals surface area contributed by atoms with Crippen molar-refractivity contribution < 1.29 is 17.9 Å². The van der Waals surface area contributed by atoms with E-state index in [1.165, 1.54) is 12.1 Å². The molecule has 0 aliphatic heterocycles. The summed E-state index contributed by atoms with van der Waals surface area (Å²) in [6.45, 7) is 1.85. The topological polar surface area (TPSA) is 84.5 Å². The number of nitrogens with one attached hydrogen (secondary N) is 2. The summed E-state index contributed by atoms with van der Waals surface area (Å²) in [6, 6.07) is 23.4. The van der Waals surface area contributed by atoms with Crippen LogP contribution in [0.15, 0.2) is 89.8 Å². The van der Waals surface area contributed by atoms with E-state index in [1.807, 2.05) is 61.5 Å². The molecule has 0 saturated carbocycles. The molecule has 0 aromatic heterocycles. The molecule has 0 bridgehead atoms. The van der Waals surface area contributed by atoms with Gasteiger partial charge in [0.05, 0.1) is 18.0 Å². The van der Waals surface area contributed by atoms with Crippen LogP contribution in [0.25, 0.3) is 0 Å². The first-order chi connectivity index (χ1) is 14.9. The third-order valence-electron chi connectivity index (χ3n) is 4.92. The predicted molar refractivity (Wildman–Crippen MR) is 120 cm³/mol. The fraction of sp³-hybridized carbons (Fsp3) is 0.208. The SMILES string of the molecule is COc1ccc([C@@H](C)NC(=O)[C@H](Cc2ccccc2)NS(=O)(=O)c2ccccc2)cc1. The second-order valence-corrected chi connectivity index (χ2v) is 8.89. The molecule has 0 unspecified atom stereocenters. The third kappa shape index (κ3) is 6.16. The van der Waals surface area contributed by atoms with Gasteiger partial charge in [-0.1, -0.05) is 60.7 Å². The lowest BCUT2D eigenvalue weighted by molar-refractivity contribution is -0.123. The maximum absolute atomic E-state index is 13.1. The highest BCUT2D eigenvalue weighted by molar-refractivity contribution is 7.89. The first-order valence-corrected chi connectivity index (χ1v) is 11.4. The molecule has 0 aliphatic carbocycles. The van der Waals surface area contributed by atoms with Gasteiger partial charge >= 0.3 is 0 Å². The average molecular weight is 439 g/mol. The van der Waals surface area contributed by atoms with E-state index in [2.05, 4.69) is 10.0 Å². The zero-order valence-electron chi connectivity index (χ0n) is 17.5. The van der Waals surface area contributed by atoms with E-state index in [4.69, 9.17) is 4.74 Å². The van der Waals surface area contributed by atoms with Gasteiger partial charge < -0.3 is 10.1 Å². The highest BCUT2D eigenvalue weighted by Crippen LogP contribution is 2.18. The molecule has 0 saturated heterocycles. The van der Waals surface area contributed by atoms with Crippen molar-refractivity contribution in [3.8, 4) is 5.75 Å². The van der Waals surface area contributed by atoms with Gasteiger partial charge in [-0.3, -0.25) is 4.79 Å². The molecule has 162 valence electrons. The van der Waals surface area contributed by atoms with Crippen LogP contribution in [-0.2, 0) is 21.2 Å². The van der Waals surface area contributed by atoms with Crippen molar-refractivity contribution >= 4 is 15.9 Å². The minimum Gasteiger partial charge on any atom is -0.497 e. The van der Waals surface area contributed by atoms with Gasteiger partial charge in [-0.15, -0.1) is 0 Å². The van der Waals surface area contributed by atoms with Gasteiger partial charge in [0, 0.05) is 0 Å². The van der Waals surface area contributed by atoms with Crippen molar-refractivity contribution in [3.05, 3.63) is 96.1 Å². The standard InChI is InChI=1S/C24H26N2O4S/c1-18(20-13-15-21(30-2)16-14-20)25-24(27)23(17-19-9-5-3-6-10-19)26-31(28,29)22-11-7-4-8-12-22/h3-16,18,23,26H,17H2,1-2H3,(H,25,27)/t18-,23+/m1/s1. The molecule has 3 rings (SSSR count). The summed E-state index contributed by atoms with van der Waals surface area (Å²) in [5.74, 6) is 0.325. The molecule has 3 aromatic rings. The van der Waals surface area contributed by atoms with E-state index >= 15 is 0 Å². The Morgan fingerprint density at radius 2 is 1.48 bits per heavy atom. The minimum absolute atomic E-state index is 0.115. The van der Waals surface area contributed by atoms with Crippen LogP contribution in [0.2, 0.25) is 0 Å². The van der Waals surface area contributed by atoms with Crippen LogP contribution >= 0.6 is 0 Å². The summed E-state index contributed by atoms with van der Waals surface area (Å²) < 4.78 is 33.5. The number of hydrogen-bond acceptors (Lipinski definition) is 4. The smallest absolute Gasteiger partial charge is 0.241 e. The summed E-state index contributed by atoms with van der Waals surface area (Å²) in [7, 11) is -2.27. The Morgan fingerprint density at radius 3 is 2.06 bits per heavy atom. The quantitative estimate of drug-likeness (QED) is 0.536. The van der Waals surface area contributed by atoms with Crippen molar-refractivity contribution in [1.82, 2.24) is 10.0 Å². The van der Waals surface area contributed by atoms with E-state index in [-0.39, 0.29) is 17.4 Å². The summed E-state index contributed by atoms with van der Waals surface area (Å²) in [5.41, 5.74) is 1.74. The molecule has 0 heterocycles. The molecule has 0 aliphatic rings. The Bertz CT molecular complexity index is 1090. The molecule has 31 heavy (non-hydrogen) atoms. The first-order valence-electron chi connectivity index (χ1n) is 9.94. The van der Waals surface area contributed by atoms with Crippen LogP contribution in [0, 0.1) is 0 Å². The largest absolute Gasteiger partial charge is 0.497 e. The number of carbonyl (C=O) groups excluding carboxylic acids is 1. The Hall–Kier alpha value is -3.16. The number of carbonyl (C=O) groups is 1. The Kier molecular flexibility index (Phi) is 7.44. The van der Waals surface area contributed by atoms with Crippen LogP contribution in [0.1, 0.15) is 24.1 Å². The molecule has 3 aromatic carbocycles. The lowest BCUT2D eigenvalue weighted by Crippen LogP contribution is -2.48. The fourth-order valence-corrected chi connectivity index (χ4v) is 4.40. The Balaban J connectivity index is 1.80. The van der Waals surface area contributed by atoms with Gasteiger partial charge in [0.25, 0.3) is 0 Å². The van der Waals surface area contributed by atoms with Crippen LogP contribution in [0.3, 0.4) is 0 Å². The minimum atomic E-state index is -3.86. The monoisotopic (exact) mass is 438 g/mol. The third-order valence-corrected chi connectivity index (χ3v) is 6.41. The number of rotatable bonds is 9. The maximum atomic E-state index is 13.1. The molecule has 0 spiro atoms. The van der Waals surface area contributed by atoms with E-state index in [9.17, 15) is 13.2 Å². The molecule has 2 N–H and O–H groups in total. The molecule has 6 nitrogen and oxygen atoms in total. The molecule has 0 radical (unpaired) electrons. The lowest BCUT2D eigenvalue weighted by atomic mass is 10.0. The number of methoxy groups -OCH3 is 1. The van der Waals surface area contributed by atoms with Crippen molar-refractivity contribution in [2.24, 2.45) is 0 Å². The van der Waals surface area contributed by atoms with E-state index in [0.29, 0.717) is 0 Å². The van der Waals surface area contributed by atoms with Crippen molar-refractivity contribution in [1.29, 1.82) is 0 Å². The maximum Gasteiger partial charge on any atom is 0.241 e. The van der Waals surface area contributed by atoms with Crippen LogP contribution in [0.5, 0.6) is 5.75 Å². The molecule has 7 heteroatoms. The normalized spacial score (nSPS) is 13.2. The van der Waals surface area contributed by atoms with Gasteiger partial charge in [-0.2, -0.15) is 4.72 Å². The molecule has 0 fully saturated rings. The average Bonchev–Trinajstić information content (AvgIpc) is 2.79. The summed E-state index contributed by atoms with van der Waals surface area (Å²) >= 11 is 0. The fourth-order valence-electron chi connectivity index (χ4n) is 3.18. The van der Waals surface area contributed by atoms with Crippen LogP contribution in [-0.4, -0.2) is 27.5 Å². The Labute approximate surface area is 183 Å². The van der Waals surface area contributed by atoms with Crippen LogP contribution in [0.4, 0.5) is 0 Å². The number of hydrogen-bond donors (Lipinski definition) is 2. The van der Waals surface area contributed by atoms with E-state index in [0.717, 1.165) is 16.9 Å². The lowest BCUT2D eigenvalue weighted by Gasteiger charge is -2.22. The van der Waals surface area contributed by atoms with Gasteiger partial charge in [0.1, 0.15) is 11.8 Å². The number of sulfonamides is 1. The van der Waals surface area contributed by atoms with Gasteiger partial charge in [-0.25, -0.2) is 8.42 Å². The predicted octanol–water partition coefficient (Wildman–Crippen LogP) is 3.46. The zero-order chi connectivity index (χ0) is 22.3. The number of ether oxygens (including phenoxy) is 1. The van der Waals surface area contributed by atoms with Gasteiger partial charge in [-0.05, 0) is 48.7 Å². The highest BCUT2D eigenvalue weighted by Gasteiger charge is 2.27. The van der Waals surface area contributed by atoms with E-state index < -0.39 is 22.0 Å². The Morgan fingerprint density at radius 1 is 0.903 bits per heavy atom. The first kappa shape index (κ1) is 22.5. The highest BCUT2D eigenvalue weighted by atomic mass is 32.2. The van der Waals surface area contributed by atoms with Gasteiger partial charge in [0.15, 0.2) is 0 Å². The summed E-state index contributed by atoms with van der Waals surface area (Å²) in [4.78, 5) is 13.2. The second-order valence-electron chi connectivity index (χ2n) is 7.18. The zero-order valence-corrected chi connectivity index (χ0v) is 18.3. The number of benzene rings is 3.